The Kier molecular flexibility index (Phi) is 5.54. The van der Waals surface area contributed by atoms with Crippen molar-refractivity contribution in [2.24, 2.45) is 17.6 Å². The Morgan fingerprint density at radius 1 is 1.14 bits per heavy atom. The summed E-state index contributed by atoms with van der Waals surface area (Å²) in [5.41, 5.74) is 6.09. The highest BCUT2D eigenvalue weighted by Gasteiger charge is 2.23. The maximum Gasteiger partial charge on any atom is 0.00645 e. The van der Waals surface area contributed by atoms with Crippen LogP contribution in [0.5, 0.6) is 0 Å². The van der Waals surface area contributed by atoms with Gasteiger partial charge >= 0.3 is 0 Å². The summed E-state index contributed by atoms with van der Waals surface area (Å²) in [7, 11) is 0. The molecule has 0 radical (unpaired) electrons. The third-order valence-corrected chi connectivity index (χ3v) is 3.93. The van der Waals surface area contributed by atoms with Crippen molar-refractivity contribution in [3.8, 4) is 0 Å². The molecule has 0 heterocycles. The zero-order valence-electron chi connectivity index (χ0n) is 9.97. The van der Waals surface area contributed by atoms with E-state index in [2.05, 4.69) is 13.8 Å². The molecule has 1 aliphatic carbocycles. The molecular formula is C13H27N. The standard InChI is InChI=1S/C13H27N/c1-3-5-6-11-7-9-12(10-8-11)13(14)4-2/h11-13H,3-10,14H2,1-2H3. The monoisotopic (exact) mass is 197 g/mol. The van der Waals surface area contributed by atoms with E-state index in [4.69, 9.17) is 5.73 Å². The maximum atomic E-state index is 6.09. The second-order valence-corrected chi connectivity index (χ2v) is 5.00. The van der Waals surface area contributed by atoms with Crippen molar-refractivity contribution in [1.29, 1.82) is 0 Å². The molecule has 0 aliphatic heterocycles. The molecule has 0 bridgehead atoms. The van der Waals surface area contributed by atoms with Crippen LogP contribution in [0.25, 0.3) is 0 Å². The third kappa shape index (κ3) is 3.61. The normalized spacial score (nSPS) is 30.2. The van der Waals surface area contributed by atoms with E-state index in [9.17, 15) is 0 Å². The summed E-state index contributed by atoms with van der Waals surface area (Å²) in [6, 6.07) is 0.474. The summed E-state index contributed by atoms with van der Waals surface area (Å²) in [5, 5.41) is 0. The van der Waals surface area contributed by atoms with E-state index in [-0.39, 0.29) is 0 Å². The Hall–Kier alpha value is -0.0400. The van der Waals surface area contributed by atoms with Crippen molar-refractivity contribution in [3.63, 3.8) is 0 Å². The van der Waals surface area contributed by atoms with Crippen LogP contribution in [-0.2, 0) is 0 Å². The Morgan fingerprint density at radius 3 is 2.29 bits per heavy atom. The molecule has 0 amide bonds. The van der Waals surface area contributed by atoms with Crippen molar-refractivity contribution in [2.75, 3.05) is 0 Å². The minimum absolute atomic E-state index is 0.474. The van der Waals surface area contributed by atoms with E-state index >= 15 is 0 Å². The topological polar surface area (TPSA) is 26.0 Å². The molecule has 1 unspecified atom stereocenters. The quantitative estimate of drug-likeness (QED) is 0.714. The van der Waals surface area contributed by atoms with Gasteiger partial charge in [0.05, 0.1) is 0 Å². The van der Waals surface area contributed by atoms with E-state index in [1.807, 2.05) is 0 Å². The number of nitrogens with two attached hydrogens (primary N) is 1. The summed E-state index contributed by atoms with van der Waals surface area (Å²) in [6.45, 7) is 4.51. The van der Waals surface area contributed by atoms with E-state index < -0.39 is 0 Å². The molecule has 84 valence electrons. The number of hydrogen-bond acceptors (Lipinski definition) is 1. The Balaban J connectivity index is 2.17. The molecule has 1 saturated carbocycles. The van der Waals surface area contributed by atoms with Crippen molar-refractivity contribution in [2.45, 2.75) is 71.3 Å². The first-order valence-corrected chi connectivity index (χ1v) is 6.53. The molecule has 14 heavy (non-hydrogen) atoms. The van der Waals surface area contributed by atoms with Crippen molar-refractivity contribution < 1.29 is 0 Å². The van der Waals surface area contributed by atoms with Gasteiger partial charge in [-0.25, -0.2) is 0 Å². The first-order chi connectivity index (χ1) is 6.77. The SMILES string of the molecule is CCCCC1CCC(C(N)CC)CC1. The maximum absolute atomic E-state index is 6.09. The Labute approximate surface area is 89.5 Å². The van der Waals surface area contributed by atoms with Gasteiger partial charge in [0.25, 0.3) is 0 Å². The summed E-state index contributed by atoms with van der Waals surface area (Å²) in [5.74, 6) is 1.85. The molecule has 0 aromatic heterocycles. The zero-order chi connectivity index (χ0) is 10.4. The van der Waals surface area contributed by atoms with Gasteiger partial charge in [0, 0.05) is 6.04 Å². The largest absolute Gasteiger partial charge is 0.327 e. The van der Waals surface area contributed by atoms with Gasteiger partial charge in [-0.15, -0.1) is 0 Å². The summed E-state index contributed by atoms with van der Waals surface area (Å²) < 4.78 is 0. The molecule has 1 rings (SSSR count). The molecule has 0 spiro atoms. The minimum atomic E-state index is 0.474. The fraction of sp³-hybridized carbons (Fsp3) is 1.00. The first-order valence-electron chi connectivity index (χ1n) is 6.53. The summed E-state index contributed by atoms with van der Waals surface area (Å²) in [4.78, 5) is 0. The number of hydrogen-bond donors (Lipinski definition) is 1. The van der Waals surface area contributed by atoms with Gasteiger partial charge in [-0.3, -0.25) is 0 Å². The third-order valence-electron chi connectivity index (χ3n) is 3.93. The molecule has 0 aromatic carbocycles. The van der Waals surface area contributed by atoms with Crippen molar-refractivity contribution in [1.82, 2.24) is 0 Å². The lowest BCUT2D eigenvalue weighted by atomic mass is 9.76. The second-order valence-electron chi connectivity index (χ2n) is 5.00. The highest BCUT2D eigenvalue weighted by molar-refractivity contribution is 4.78. The van der Waals surface area contributed by atoms with Crippen LogP contribution >= 0.6 is 0 Å². The zero-order valence-corrected chi connectivity index (χ0v) is 9.97. The first kappa shape index (κ1) is 12.0. The van der Waals surface area contributed by atoms with Crippen LogP contribution in [0.1, 0.15) is 65.2 Å². The highest BCUT2D eigenvalue weighted by Crippen LogP contribution is 2.33. The molecule has 1 heteroatoms. The average molecular weight is 197 g/mol. The van der Waals surface area contributed by atoms with E-state index in [1.165, 1.54) is 44.9 Å². The average Bonchev–Trinajstić information content (AvgIpc) is 2.26. The summed E-state index contributed by atoms with van der Waals surface area (Å²) in [6.07, 6.45) is 11.1. The Morgan fingerprint density at radius 2 is 1.79 bits per heavy atom. The van der Waals surface area contributed by atoms with Gasteiger partial charge in [-0.05, 0) is 31.1 Å². The van der Waals surface area contributed by atoms with Crippen LogP contribution in [-0.4, -0.2) is 6.04 Å². The molecule has 1 fully saturated rings. The van der Waals surface area contributed by atoms with Crippen molar-refractivity contribution in [3.05, 3.63) is 0 Å². The molecule has 0 aromatic rings. The smallest absolute Gasteiger partial charge is 0.00645 e. The highest BCUT2D eigenvalue weighted by atomic mass is 14.6. The van der Waals surface area contributed by atoms with Gasteiger partial charge in [-0.1, -0.05) is 46.0 Å². The molecule has 1 atom stereocenters. The van der Waals surface area contributed by atoms with Crippen molar-refractivity contribution >= 4 is 0 Å². The van der Waals surface area contributed by atoms with Gasteiger partial charge in [-0.2, -0.15) is 0 Å². The predicted octanol–water partition coefficient (Wildman–Crippen LogP) is 3.72. The van der Waals surface area contributed by atoms with Crippen LogP contribution in [0.2, 0.25) is 0 Å². The molecule has 1 aliphatic rings. The van der Waals surface area contributed by atoms with Gasteiger partial charge in [0.1, 0.15) is 0 Å². The number of unbranched alkanes of at least 4 members (excludes halogenated alkanes) is 1. The fourth-order valence-corrected chi connectivity index (χ4v) is 2.73. The van der Waals surface area contributed by atoms with Gasteiger partial charge in [0.2, 0.25) is 0 Å². The lowest BCUT2D eigenvalue weighted by molar-refractivity contribution is 0.229. The summed E-state index contributed by atoms with van der Waals surface area (Å²) >= 11 is 0. The van der Waals surface area contributed by atoms with Crippen LogP contribution < -0.4 is 5.73 Å². The minimum Gasteiger partial charge on any atom is -0.327 e. The van der Waals surface area contributed by atoms with E-state index in [0.717, 1.165) is 18.3 Å². The van der Waals surface area contributed by atoms with Gasteiger partial charge < -0.3 is 5.73 Å². The van der Waals surface area contributed by atoms with Crippen LogP contribution in [0.4, 0.5) is 0 Å². The molecule has 2 N–H and O–H groups in total. The number of rotatable bonds is 5. The molecule has 0 saturated heterocycles. The lowest BCUT2D eigenvalue weighted by Crippen LogP contribution is -2.32. The van der Waals surface area contributed by atoms with Crippen LogP contribution in [0.3, 0.4) is 0 Å². The molecular weight excluding hydrogens is 170 g/mol. The van der Waals surface area contributed by atoms with Gasteiger partial charge in [0.15, 0.2) is 0 Å². The van der Waals surface area contributed by atoms with E-state index in [0.29, 0.717) is 6.04 Å². The predicted molar refractivity (Wildman–Crippen MR) is 63.2 cm³/mol. The Bertz CT molecular complexity index is 136. The molecule has 1 nitrogen and oxygen atoms in total. The lowest BCUT2D eigenvalue weighted by Gasteiger charge is -2.31. The van der Waals surface area contributed by atoms with Crippen LogP contribution in [0.15, 0.2) is 0 Å². The second kappa shape index (κ2) is 6.44. The fourth-order valence-electron chi connectivity index (χ4n) is 2.73. The van der Waals surface area contributed by atoms with E-state index in [1.54, 1.807) is 0 Å². The van der Waals surface area contributed by atoms with Crippen LogP contribution in [0, 0.1) is 11.8 Å².